The van der Waals surface area contributed by atoms with Crippen LogP contribution in [0, 0.1) is 11.6 Å². The summed E-state index contributed by atoms with van der Waals surface area (Å²) in [5.41, 5.74) is -0.695. The van der Waals surface area contributed by atoms with Gasteiger partial charge in [0.05, 0.1) is 10.5 Å². The van der Waals surface area contributed by atoms with Gasteiger partial charge in [-0.3, -0.25) is 4.79 Å². The lowest BCUT2D eigenvalue weighted by molar-refractivity contribution is -0.125. The molecular weight excluding hydrogens is 376 g/mol. The first-order valence-corrected chi connectivity index (χ1v) is 9.52. The van der Waals surface area contributed by atoms with E-state index < -0.39 is 33.0 Å². The summed E-state index contributed by atoms with van der Waals surface area (Å²) in [6.45, 7) is 3.11. The van der Waals surface area contributed by atoms with Crippen LogP contribution in [0.4, 0.5) is 8.78 Å². The second-order valence-corrected chi connectivity index (χ2v) is 8.42. The molecule has 142 valence electrons. The Bertz CT molecular complexity index is 1040. The lowest BCUT2D eigenvalue weighted by atomic mass is 9.92. The molecule has 0 spiro atoms. The van der Waals surface area contributed by atoms with Gasteiger partial charge >= 0.3 is 0 Å². The molecule has 0 atom stereocenters. The third-order valence-corrected chi connectivity index (χ3v) is 5.64. The van der Waals surface area contributed by atoms with Gasteiger partial charge in [-0.25, -0.2) is 21.9 Å². The van der Waals surface area contributed by atoms with Gasteiger partial charge in [0.2, 0.25) is 15.8 Å². The van der Waals surface area contributed by atoms with E-state index in [0.717, 1.165) is 12.1 Å². The first-order chi connectivity index (χ1) is 12.5. The van der Waals surface area contributed by atoms with E-state index in [1.165, 1.54) is 31.3 Å². The molecule has 1 aliphatic rings. The third-order valence-electron chi connectivity index (χ3n) is 4.20. The molecule has 1 N–H and O–H groups in total. The zero-order valence-corrected chi connectivity index (χ0v) is 15.7. The second kappa shape index (κ2) is 6.54. The number of halogens is 2. The number of hydrogen-bond donors (Lipinski definition) is 1. The van der Waals surface area contributed by atoms with E-state index in [1.807, 2.05) is 0 Å². The topological polar surface area (TPSA) is 72.5 Å². The molecule has 8 heteroatoms. The standard InChI is InChI=1S/C19H17F2NO4S/c1-19(2)18(23)16(12-8-13(20)10-14(21)9-12)17(26-19)11-4-6-15(7-5-11)27(24,25)22-3/h4-10,22H,1-3H3. The summed E-state index contributed by atoms with van der Waals surface area (Å²) >= 11 is 0. The van der Waals surface area contributed by atoms with Gasteiger partial charge in [-0.15, -0.1) is 0 Å². The number of nitrogens with one attached hydrogen (secondary N) is 1. The number of carbonyl (C=O) groups is 1. The molecule has 27 heavy (non-hydrogen) atoms. The molecule has 0 bridgehead atoms. The van der Waals surface area contributed by atoms with Crippen LogP contribution in [0.1, 0.15) is 25.0 Å². The SMILES string of the molecule is CNS(=O)(=O)c1ccc(C2=C(c3cc(F)cc(F)c3)C(=O)C(C)(C)O2)cc1. The summed E-state index contributed by atoms with van der Waals surface area (Å²) in [5.74, 6) is -1.91. The van der Waals surface area contributed by atoms with Crippen molar-refractivity contribution >= 4 is 27.1 Å². The van der Waals surface area contributed by atoms with Crippen LogP contribution in [0.25, 0.3) is 11.3 Å². The Kier molecular flexibility index (Phi) is 4.65. The molecule has 5 nitrogen and oxygen atoms in total. The highest BCUT2D eigenvalue weighted by molar-refractivity contribution is 7.89. The van der Waals surface area contributed by atoms with Crippen molar-refractivity contribution in [1.29, 1.82) is 0 Å². The van der Waals surface area contributed by atoms with Gasteiger partial charge in [0.1, 0.15) is 17.4 Å². The smallest absolute Gasteiger partial charge is 0.240 e. The Morgan fingerprint density at radius 2 is 1.52 bits per heavy atom. The van der Waals surface area contributed by atoms with Crippen molar-refractivity contribution in [2.45, 2.75) is 24.3 Å². The lowest BCUT2D eigenvalue weighted by Gasteiger charge is -2.18. The zero-order chi connectivity index (χ0) is 20.0. The second-order valence-electron chi connectivity index (χ2n) is 6.54. The first kappa shape index (κ1) is 19.2. The van der Waals surface area contributed by atoms with E-state index in [0.29, 0.717) is 11.6 Å². The molecule has 0 saturated carbocycles. The fourth-order valence-corrected chi connectivity index (χ4v) is 3.55. The maximum Gasteiger partial charge on any atom is 0.240 e. The Morgan fingerprint density at radius 3 is 2.04 bits per heavy atom. The highest BCUT2D eigenvalue weighted by Crippen LogP contribution is 2.41. The Hall–Kier alpha value is -2.58. The van der Waals surface area contributed by atoms with Gasteiger partial charge in [-0.2, -0.15) is 0 Å². The van der Waals surface area contributed by atoms with Gasteiger partial charge in [-0.05, 0) is 62.9 Å². The average Bonchev–Trinajstić information content (AvgIpc) is 2.84. The number of rotatable bonds is 4. The molecule has 0 aliphatic carbocycles. The number of sulfonamides is 1. The number of carbonyl (C=O) groups excluding carboxylic acids is 1. The van der Waals surface area contributed by atoms with Crippen molar-refractivity contribution < 1.29 is 26.7 Å². The molecule has 0 fully saturated rings. The van der Waals surface area contributed by atoms with E-state index >= 15 is 0 Å². The predicted molar refractivity (Wildman–Crippen MR) is 96.0 cm³/mol. The minimum atomic E-state index is -3.62. The summed E-state index contributed by atoms with van der Waals surface area (Å²) in [6.07, 6.45) is 0. The summed E-state index contributed by atoms with van der Waals surface area (Å²) in [5, 5.41) is 0. The molecule has 3 rings (SSSR count). The van der Waals surface area contributed by atoms with Gasteiger partial charge in [0.25, 0.3) is 0 Å². The predicted octanol–water partition coefficient (Wildman–Crippen LogP) is 3.12. The highest BCUT2D eigenvalue weighted by atomic mass is 32.2. The van der Waals surface area contributed by atoms with Crippen LogP contribution in [0.3, 0.4) is 0 Å². The van der Waals surface area contributed by atoms with Crippen molar-refractivity contribution in [3.05, 3.63) is 65.2 Å². The molecule has 0 amide bonds. The quantitative estimate of drug-likeness (QED) is 0.866. The largest absolute Gasteiger partial charge is 0.478 e. The maximum atomic E-state index is 13.7. The van der Waals surface area contributed by atoms with E-state index in [2.05, 4.69) is 4.72 Å². The van der Waals surface area contributed by atoms with Crippen LogP contribution in [-0.4, -0.2) is 26.8 Å². The van der Waals surface area contributed by atoms with Crippen LogP contribution in [0.15, 0.2) is 47.4 Å². The molecular formula is C19H17F2NO4S. The normalized spacial score (nSPS) is 16.6. The van der Waals surface area contributed by atoms with Crippen molar-refractivity contribution in [2.75, 3.05) is 7.05 Å². The number of ketones is 1. The fourth-order valence-electron chi connectivity index (χ4n) is 2.82. The van der Waals surface area contributed by atoms with Gasteiger partial charge in [0, 0.05) is 11.6 Å². The lowest BCUT2D eigenvalue weighted by Crippen LogP contribution is -2.29. The van der Waals surface area contributed by atoms with Crippen LogP contribution in [0.2, 0.25) is 0 Å². The Morgan fingerprint density at radius 1 is 0.963 bits per heavy atom. The Labute approximate surface area is 155 Å². The highest BCUT2D eigenvalue weighted by Gasteiger charge is 2.43. The van der Waals surface area contributed by atoms with E-state index in [-0.39, 0.29) is 21.8 Å². The van der Waals surface area contributed by atoms with Gasteiger partial charge in [0.15, 0.2) is 5.60 Å². The summed E-state index contributed by atoms with van der Waals surface area (Å²) in [4.78, 5) is 12.8. The molecule has 0 unspecified atom stereocenters. The molecule has 0 saturated heterocycles. The minimum Gasteiger partial charge on any atom is -0.478 e. The van der Waals surface area contributed by atoms with Crippen molar-refractivity contribution in [3.8, 4) is 0 Å². The summed E-state index contributed by atoms with van der Waals surface area (Å²) in [7, 11) is -2.33. The van der Waals surface area contributed by atoms with E-state index in [9.17, 15) is 22.0 Å². The monoisotopic (exact) mass is 393 g/mol. The van der Waals surface area contributed by atoms with E-state index in [1.54, 1.807) is 13.8 Å². The van der Waals surface area contributed by atoms with Crippen molar-refractivity contribution in [3.63, 3.8) is 0 Å². The first-order valence-electron chi connectivity index (χ1n) is 8.04. The van der Waals surface area contributed by atoms with Crippen LogP contribution in [-0.2, 0) is 19.6 Å². The summed E-state index contributed by atoms with van der Waals surface area (Å²) in [6, 6.07) is 8.50. The van der Waals surface area contributed by atoms with Crippen LogP contribution >= 0.6 is 0 Å². The zero-order valence-electron chi connectivity index (χ0n) is 14.8. The Balaban J connectivity index is 2.17. The van der Waals surface area contributed by atoms with Gasteiger partial charge in [-0.1, -0.05) is 0 Å². The molecule has 2 aromatic carbocycles. The van der Waals surface area contributed by atoms with Crippen molar-refractivity contribution in [2.24, 2.45) is 0 Å². The molecule has 0 radical (unpaired) electrons. The fraction of sp³-hybridized carbons (Fsp3) is 0.211. The minimum absolute atomic E-state index is 0.0382. The maximum absolute atomic E-state index is 13.7. The third kappa shape index (κ3) is 3.50. The number of benzene rings is 2. The van der Waals surface area contributed by atoms with Crippen LogP contribution in [0.5, 0.6) is 0 Å². The molecule has 1 heterocycles. The number of ether oxygens (including phenoxy) is 1. The van der Waals surface area contributed by atoms with Crippen LogP contribution < -0.4 is 4.72 Å². The molecule has 1 aliphatic heterocycles. The van der Waals surface area contributed by atoms with E-state index in [4.69, 9.17) is 4.74 Å². The van der Waals surface area contributed by atoms with Gasteiger partial charge < -0.3 is 4.74 Å². The average molecular weight is 393 g/mol. The van der Waals surface area contributed by atoms with Crippen molar-refractivity contribution in [1.82, 2.24) is 4.72 Å². The summed E-state index contributed by atoms with van der Waals surface area (Å²) < 4.78 is 59.0. The number of hydrogen-bond acceptors (Lipinski definition) is 4. The molecule has 0 aromatic heterocycles. The molecule has 2 aromatic rings. The number of Topliss-reactive ketones (excluding diaryl/α,β-unsaturated/α-hetero) is 1.